The number of methoxy groups -OCH3 is 1. The van der Waals surface area contributed by atoms with Crippen molar-refractivity contribution in [3.05, 3.63) is 11.6 Å². The van der Waals surface area contributed by atoms with Gasteiger partial charge in [0, 0.05) is 12.0 Å². The van der Waals surface area contributed by atoms with Crippen LogP contribution in [0.25, 0.3) is 0 Å². The van der Waals surface area contributed by atoms with Crippen LogP contribution in [0, 0.1) is 28.1 Å². The number of ketones is 1. The summed E-state index contributed by atoms with van der Waals surface area (Å²) in [7, 11) is 1.36. The molecule has 4 nitrogen and oxygen atoms in total. The lowest BCUT2D eigenvalue weighted by atomic mass is 9.42. The standard InChI is InChI=1S/C21H32O4/c1-19(2)9-5-10-20(3)15(19)8-11-21(13-22)16(20)7-6-14(12-17(21)23)18(24)25-4/h6,15-16,22H,5,7-13H2,1-4H3/t15?,16-,20+,21+/m1/s1. The Morgan fingerprint density at radius 2 is 1.96 bits per heavy atom. The van der Waals surface area contributed by atoms with Crippen LogP contribution in [0.4, 0.5) is 0 Å². The average molecular weight is 348 g/mol. The number of aliphatic hydroxyl groups is 1. The number of esters is 1. The summed E-state index contributed by atoms with van der Waals surface area (Å²) >= 11 is 0. The molecule has 0 saturated heterocycles. The normalized spacial score (nSPS) is 40.4. The molecule has 0 aliphatic heterocycles. The molecule has 3 rings (SSSR count). The highest BCUT2D eigenvalue weighted by Gasteiger charge is 2.61. The largest absolute Gasteiger partial charge is 0.466 e. The molecule has 0 spiro atoms. The van der Waals surface area contributed by atoms with Crippen LogP contribution in [0.3, 0.4) is 0 Å². The lowest BCUT2D eigenvalue weighted by Gasteiger charge is -2.62. The number of ether oxygens (including phenoxy) is 1. The van der Waals surface area contributed by atoms with Crippen LogP contribution in [0.5, 0.6) is 0 Å². The molecular weight excluding hydrogens is 316 g/mol. The number of rotatable bonds is 2. The quantitative estimate of drug-likeness (QED) is 0.773. The van der Waals surface area contributed by atoms with Gasteiger partial charge in [0.25, 0.3) is 0 Å². The van der Waals surface area contributed by atoms with E-state index in [1.807, 2.05) is 6.08 Å². The SMILES string of the molecule is COC(=O)C1=CC[C@H]2[C@@](CO)(CCC3C(C)(C)CCC[C@@]32C)C(=O)C1. The second-order valence-corrected chi connectivity index (χ2v) is 9.36. The van der Waals surface area contributed by atoms with Gasteiger partial charge in [-0.15, -0.1) is 0 Å². The summed E-state index contributed by atoms with van der Waals surface area (Å²) in [6.45, 7) is 6.93. The van der Waals surface area contributed by atoms with E-state index in [1.165, 1.54) is 20.0 Å². The number of carbonyl (C=O) groups excluding carboxylic acids is 2. The van der Waals surface area contributed by atoms with Gasteiger partial charge in [0.05, 0.1) is 19.1 Å². The van der Waals surface area contributed by atoms with Crippen molar-refractivity contribution in [1.82, 2.24) is 0 Å². The van der Waals surface area contributed by atoms with Gasteiger partial charge in [0.2, 0.25) is 0 Å². The smallest absolute Gasteiger partial charge is 0.333 e. The van der Waals surface area contributed by atoms with E-state index in [4.69, 9.17) is 4.74 Å². The molecule has 0 bridgehead atoms. The molecule has 0 radical (unpaired) electrons. The van der Waals surface area contributed by atoms with E-state index in [1.54, 1.807) is 0 Å². The van der Waals surface area contributed by atoms with Gasteiger partial charge in [-0.05, 0) is 54.8 Å². The zero-order valence-corrected chi connectivity index (χ0v) is 16.1. The number of hydrogen-bond acceptors (Lipinski definition) is 4. The molecular formula is C21H32O4. The second kappa shape index (κ2) is 6.22. The lowest BCUT2D eigenvalue weighted by molar-refractivity contribution is -0.166. The molecule has 4 heteroatoms. The third-order valence-electron chi connectivity index (χ3n) is 7.85. The van der Waals surface area contributed by atoms with E-state index >= 15 is 0 Å². The Morgan fingerprint density at radius 1 is 1.24 bits per heavy atom. The molecule has 25 heavy (non-hydrogen) atoms. The Labute approximate surface area is 151 Å². The van der Waals surface area contributed by atoms with Crippen molar-refractivity contribution in [2.75, 3.05) is 13.7 Å². The van der Waals surface area contributed by atoms with Gasteiger partial charge < -0.3 is 9.84 Å². The zero-order chi connectivity index (χ0) is 18.5. The number of allylic oxidation sites excluding steroid dienone is 1. The molecule has 3 aliphatic rings. The monoisotopic (exact) mass is 348 g/mol. The summed E-state index contributed by atoms with van der Waals surface area (Å²) in [5.74, 6) is 0.264. The van der Waals surface area contributed by atoms with E-state index in [0.717, 1.165) is 19.3 Å². The Hall–Kier alpha value is -1.16. The molecule has 4 atom stereocenters. The molecule has 2 saturated carbocycles. The predicted molar refractivity (Wildman–Crippen MR) is 95.8 cm³/mol. The van der Waals surface area contributed by atoms with Crippen LogP contribution in [0.2, 0.25) is 0 Å². The highest BCUT2D eigenvalue weighted by atomic mass is 16.5. The van der Waals surface area contributed by atoms with Crippen LogP contribution < -0.4 is 0 Å². The summed E-state index contributed by atoms with van der Waals surface area (Å²) in [5, 5.41) is 10.3. The van der Waals surface area contributed by atoms with Crippen molar-refractivity contribution < 1.29 is 19.4 Å². The summed E-state index contributed by atoms with van der Waals surface area (Å²) in [6.07, 6.45) is 7.90. The molecule has 1 unspecified atom stereocenters. The van der Waals surface area contributed by atoms with E-state index in [-0.39, 0.29) is 35.6 Å². The van der Waals surface area contributed by atoms with Gasteiger partial charge in [0.15, 0.2) is 0 Å². The minimum Gasteiger partial charge on any atom is -0.466 e. The van der Waals surface area contributed by atoms with Crippen molar-refractivity contribution in [2.45, 2.75) is 65.7 Å². The van der Waals surface area contributed by atoms with Gasteiger partial charge in [-0.25, -0.2) is 4.79 Å². The minimum absolute atomic E-state index is 0.0252. The number of aliphatic hydroxyl groups excluding tert-OH is 1. The molecule has 0 aromatic carbocycles. The highest BCUT2D eigenvalue weighted by molar-refractivity contribution is 5.98. The number of carbonyl (C=O) groups is 2. The van der Waals surface area contributed by atoms with Crippen LogP contribution in [0.1, 0.15) is 65.7 Å². The maximum absolute atomic E-state index is 13.2. The predicted octanol–water partition coefficient (Wildman–Crippen LogP) is 3.67. The molecule has 140 valence electrons. The summed E-state index contributed by atoms with van der Waals surface area (Å²) < 4.78 is 4.86. The maximum atomic E-state index is 13.2. The summed E-state index contributed by atoms with van der Waals surface area (Å²) in [5.41, 5.74) is 0.0505. The number of Topliss-reactive ketones (excluding diaryl/α,β-unsaturated/α-hetero) is 1. The first-order chi connectivity index (χ1) is 11.7. The fourth-order valence-corrected chi connectivity index (χ4v) is 6.58. The van der Waals surface area contributed by atoms with Crippen molar-refractivity contribution in [3.8, 4) is 0 Å². The fourth-order valence-electron chi connectivity index (χ4n) is 6.58. The van der Waals surface area contributed by atoms with Crippen LogP contribution in [-0.4, -0.2) is 30.6 Å². The summed E-state index contributed by atoms with van der Waals surface area (Å²) in [4.78, 5) is 25.2. The first-order valence-corrected chi connectivity index (χ1v) is 9.63. The van der Waals surface area contributed by atoms with Gasteiger partial charge in [-0.2, -0.15) is 0 Å². The Kier molecular flexibility index (Phi) is 4.64. The van der Waals surface area contributed by atoms with Crippen LogP contribution in [-0.2, 0) is 14.3 Å². The molecule has 0 aromatic heterocycles. The first-order valence-electron chi connectivity index (χ1n) is 9.63. The summed E-state index contributed by atoms with van der Waals surface area (Å²) in [6, 6.07) is 0. The Morgan fingerprint density at radius 3 is 2.60 bits per heavy atom. The Balaban J connectivity index is 2.06. The molecule has 0 heterocycles. The van der Waals surface area contributed by atoms with Gasteiger partial charge in [0.1, 0.15) is 5.78 Å². The zero-order valence-electron chi connectivity index (χ0n) is 16.1. The van der Waals surface area contributed by atoms with Crippen LogP contribution in [0.15, 0.2) is 11.6 Å². The first kappa shape index (κ1) is 18.6. The van der Waals surface area contributed by atoms with Crippen molar-refractivity contribution in [3.63, 3.8) is 0 Å². The van der Waals surface area contributed by atoms with Crippen molar-refractivity contribution in [1.29, 1.82) is 0 Å². The topological polar surface area (TPSA) is 63.6 Å². The van der Waals surface area contributed by atoms with Gasteiger partial charge >= 0.3 is 5.97 Å². The van der Waals surface area contributed by atoms with Crippen LogP contribution >= 0.6 is 0 Å². The fraction of sp³-hybridized carbons (Fsp3) is 0.810. The maximum Gasteiger partial charge on any atom is 0.333 e. The van der Waals surface area contributed by atoms with E-state index in [9.17, 15) is 14.7 Å². The average Bonchev–Trinajstić information content (AvgIpc) is 2.71. The number of fused-ring (bicyclic) bond motifs is 3. The minimum atomic E-state index is -0.703. The molecule has 2 fully saturated rings. The van der Waals surface area contributed by atoms with E-state index in [2.05, 4.69) is 20.8 Å². The van der Waals surface area contributed by atoms with Crippen molar-refractivity contribution in [2.24, 2.45) is 28.1 Å². The Bertz CT molecular complexity index is 605. The number of hydrogen-bond donors (Lipinski definition) is 1. The third-order valence-corrected chi connectivity index (χ3v) is 7.85. The second-order valence-electron chi connectivity index (χ2n) is 9.36. The lowest BCUT2D eigenvalue weighted by Crippen LogP contribution is -2.58. The highest BCUT2D eigenvalue weighted by Crippen LogP contribution is 2.65. The molecule has 0 amide bonds. The van der Waals surface area contributed by atoms with Gasteiger partial charge in [-0.3, -0.25) is 4.79 Å². The van der Waals surface area contributed by atoms with E-state index in [0.29, 0.717) is 17.9 Å². The van der Waals surface area contributed by atoms with Crippen molar-refractivity contribution >= 4 is 11.8 Å². The molecule has 0 aromatic rings. The molecule has 3 aliphatic carbocycles. The third kappa shape index (κ3) is 2.68. The van der Waals surface area contributed by atoms with E-state index < -0.39 is 11.4 Å². The van der Waals surface area contributed by atoms with Gasteiger partial charge in [-0.1, -0.05) is 33.3 Å². The molecule has 1 N–H and O–H groups in total.